The van der Waals surface area contributed by atoms with Crippen LogP contribution in [0.2, 0.25) is 0 Å². The number of nitrogens with one attached hydrogen (secondary N) is 2. The van der Waals surface area contributed by atoms with Gasteiger partial charge >= 0.3 is 0 Å². The van der Waals surface area contributed by atoms with Crippen LogP contribution in [0.3, 0.4) is 0 Å². The standard InChI is InChI=1S/C28H37N5O3/c1-2-22(30)26(34)32-25-20(17-29)13-14-21-15-16-23(33(21)28(25)36)27(35)31-24(18-9-5-3-6-10-18)19-11-7-4-8-12-19/h3-12,20-25H,2,13-17,29-30H2,1H3,(H,31,35)(H,32,34)/t20-,21+,22+,23?,25+/m1/s1. The van der Waals surface area contributed by atoms with Gasteiger partial charge in [-0.1, -0.05) is 67.6 Å². The number of benzene rings is 2. The van der Waals surface area contributed by atoms with E-state index >= 15 is 0 Å². The molecule has 2 aliphatic heterocycles. The third-order valence-electron chi connectivity index (χ3n) is 7.60. The zero-order chi connectivity index (χ0) is 25.7. The molecule has 0 aliphatic carbocycles. The summed E-state index contributed by atoms with van der Waals surface area (Å²) in [6.45, 7) is 2.10. The monoisotopic (exact) mass is 491 g/mol. The molecule has 5 atom stereocenters. The summed E-state index contributed by atoms with van der Waals surface area (Å²) in [7, 11) is 0. The first-order valence-electron chi connectivity index (χ1n) is 12.9. The summed E-state index contributed by atoms with van der Waals surface area (Å²) in [4.78, 5) is 41.8. The van der Waals surface area contributed by atoms with Crippen molar-refractivity contribution in [2.24, 2.45) is 17.4 Å². The number of hydrogen-bond donors (Lipinski definition) is 4. The molecule has 2 fully saturated rings. The highest BCUT2D eigenvalue weighted by atomic mass is 16.2. The zero-order valence-corrected chi connectivity index (χ0v) is 20.8. The third kappa shape index (κ3) is 5.44. The minimum Gasteiger partial charge on any atom is -0.343 e. The Kier molecular flexibility index (Phi) is 8.38. The van der Waals surface area contributed by atoms with Gasteiger partial charge in [0.05, 0.1) is 12.1 Å². The SMILES string of the molecule is CC[C@H](N)C(=O)N[C@@H]1C(=O)N2C(C(=O)NC(c3ccccc3)c3ccccc3)CC[C@@H]2CC[C@@H]1CN. The van der Waals surface area contributed by atoms with Gasteiger partial charge in [0.15, 0.2) is 0 Å². The predicted molar refractivity (Wildman–Crippen MR) is 139 cm³/mol. The highest BCUT2D eigenvalue weighted by Gasteiger charge is 2.47. The van der Waals surface area contributed by atoms with Crippen molar-refractivity contribution in [2.75, 3.05) is 6.54 Å². The average molecular weight is 492 g/mol. The molecule has 8 nitrogen and oxygen atoms in total. The Morgan fingerprint density at radius 2 is 1.56 bits per heavy atom. The highest BCUT2D eigenvalue weighted by Crippen LogP contribution is 2.34. The molecule has 2 aromatic rings. The molecule has 2 aromatic carbocycles. The number of amides is 3. The van der Waals surface area contributed by atoms with Crippen LogP contribution in [0.5, 0.6) is 0 Å². The van der Waals surface area contributed by atoms with Crippen LogP contribution in [-0.4, -0.2) is 53.3 Å². The van der Waals surface area contributed by atoms with Gasteiger partial charge in [-0.2, -0.15) is 0 Å². The van der Waals surface area contributed by atoms with Crippen molar-refractivity contribution in [2.45, 2.75) is 69.2 Å². The quantitative estimate of drug-likeness (QED) is 0.448. The molecule has 1 unspecified atom stereocenters. The Morgan fingerprint density at radius 3 is 2.11 bits per heavy atom. The first kappa shape index (κ1) is 25.9. The van der Waals surface area contributed by atoms with E-state index in [9.17, 15) is 14.4 Å². The van der Waals surface area contributed by atoms with Crippen molar-refractivity contribution in [3.05, 3.63) is 71.8 Å². The molecule has 0 radical (unpaired) electrons. The summed E-state index contributed by atoms with van der Waals surface area (Å²) in [5.41, 5.74) is 13.9. The van der Waals surface area contributed by atoms with E-state index in [1.165, 1.54) is 0 Å². The Hall–Kier alpha value is -3.23. The summed E-state index contributed by atoms with van der Waals surface area (Å²) < 4.78 is 0. The van der Waals surface area contributed by atoms with E-state index in [1.807, 2.05) is 67.6 Å². The summed E-state index contributed by atoms with van der Waals surface area (Å²) in [5.74, 6) is -0.981. The lowest BCUT2D eigenvalue weighted by atomic mass is 9.93. The van der Waals surface area contributed by atoms with E-state index in [4.69, 9.17) is 11.5 Å². The van der Waals surface area contributed by atoms with E-state index in [-0.39, 0.29) is 42.3 Å². The summed E-state index contributed by atoms with van der Waals surface area (Å²) in [6, 6.07) is 17.2. The number of nitrogens with zero attached hydrogens (tertiary/aromatic N) is 1. The molecule has 0 spiro atoms. The van der Waals surface area contributed by atoms with Crippen LogP contribution in [0.1, 0.15) is 56.2 Å². The minimum absolute atomic E-state index is 0.0454. The fourth-order valence-electron chi connectivity index (χ4n) is 5.46. The number of fused-ring (bicyclic) bond motifs is 1. The lowest BCUT2D eigenvalue weighted by molar-refractivity contribution is -0.143. The van der Waals surface area contributed by atoms with Crippen molar-refractivity contribution >= 4 is 17.7 Å². The average Bonchev–Trinajstić information content (AvgIpc) is 3.30. The van der Waals surface area contributed by atoms with E-state index in [0.717, 1.165) is 24.0 Å². The van der Waals surface area contributed by atoms with Crippen LogP contribution in [0, 0.1) is 5.92 Å². The Balaban J connectivity index is 1.58. The van der Waals surface area contributed by atoms with Gasteiger partial charge in [-0.15, -0.1) is 0 Å². The summed E-state index contributed by atoms with van der Waals surface area (Å²) in [6.07, 6.45) is 3.27. The predicted octanol–water partition coefficient (Wildman–Crippen LogP) is 1.84. The molecule has 4 rings (SSSR count). The van der Waals surface area contributed by atoms with E-state index in [1.54, 1.807) is 4.90 Å². The molecule has 36 heavy (non-hydrogen) atoms. The fraction of sp³-hybridized carbons (Fsp3) is 0.464. The van der Waals surface area contributed by atoms with Gasteiger partial charge in [0.2, 0.25) is 17.7 Å². The lowest BCUT2D eigenvalue weighted by Crippen LogP contribution is -2.58. The minimum atomic E-state index is -0.780. The fourth-order valence-corrected chi connectivity index (χ4v) is 5.46. The van der Waals surface area contributed by atoms with Crippen molar-refractivity contribution < 1.29 is 14.4 Å². The first-order valence-corrected chi connectivity index (χ1v) is 12.9. The summed E-state index contributed by atoms with van der Waals surface area (Å²) in [5, 5.41) is 6.07. The van der Waals surface area contributed by atoms with Crippen LogP contribution in [0.15, 0.2) is 60.7 Å². The number of nitrogens with two attached hydrogens (primary N) is 2. The first-order chi connectivity index (χ1) is 17.4. The maximum Gasteiger partial charge on any atom is 0.246 e. The molecule has 0 bridgehead atoms. The Bertz CT molecular complexity index is 1010. The van der Waals surface area contributed by atoms with Crippen LogP contribution in [-0.2, 0) is 14.4 Å². The largest absolute Gasteiger partial charge is 0.343 e. The van der Waals surface area contributed by atoms with Gasteiger partial charge in [0, 0.05) is 12.0 Å². The normalized spacial score (nSPS) is 24.7. The van der Waals surface area contributed by atoms with Gasteiger partial charge in [0.1, 0.15) is 12.1 Å². The molecule has 6 N–H and O–H groups in total. The molecule has 192 valence electrons. The van der Waals surface area contributed by atoms with E-state index in [0.29, 0.717) is 19.3 Å². The third-order valence-corrected chi connectivity index (χ3v) is 7.60. The van der Waals surface area contributed by atoms with Crippen LogP contribution in [0.4, 0.5) is 0 Å². The van der Waals surface area contributed by atoms with Gasteiger partial charge in [-0.3, -0.25) is 14.4 Å². The van der Waals surface area contributed by atoms with Crippen molar-refractivity contribution in [1.29, 1.82) is 0 Å². The van der Waals surface area contributed by atoms with Crippen molar-refractivity contribution in [3.63, 3.8) is 0 Å². The smallest absolute Gasteiger partial charge is 0.246 e. The topological polar surface area (TPSA) is 131 Å². The van der Waals surface area contributed by atoms with Crippen molar-refractivity contribution in [1.82, 2.24) is 15.5 Å². The highest BCUT2D eigenvalue weighted by molar-refractivity contribution is 5.94. The second-order valence-electron chi connectivity index (χ2n) is 9.83. The molecular weight excluding hydrogens is 454 g/mol. The maximum absolute atomic E-state index is 13.8. The second-order valence-corrected chi connectivity index (χ2v) is 9.83. The lowest BCUT2D eigenvalue weighted by Gasteiger charge is -2.33. The number of rotatable bonds is 8. The van der Waals surface area contributed by atoms with Crippen LogP contribution in [0.25, 0.3) is 0 Å². The van der Waals surface area contributed by atoms with Crippen molar-refractivity contribution in [3.8, 4) is 0 Å². The van der Waals surface area contributed by atoms with E-state index in [2.05, 4.69) is 10.6 Å². The van der Waals surface area contributed by atoms with Gasteiger partial charge in [-0.05, 0) is 49.8 Å². The van der Waals surface area contributed by atoms with Gasteiger partial charge in [0.25, 0.3) is 0 Å². The van der Waals surface area contributed by atoms with Crippen LogP contribution >= 0.6 is 0 Å². The van der Waals surface area contributed by atoms with E-state index < -0.39 is 18.1 Å². The molecule has 8 heteroatoms. The number of hydrogen-bond acceptors (Lipinski definition) is 5. The molecule has 2 saturated heterocycles. The molecule has 3 amide bonds. The number of carbonyl (C=O) groups is 3. The maximum atomic E-state index is 13.8. The number of carbonyl (C=O) groups excluding carboxylic acids is 3. The Labute approximate surface area is 212 Å². The van der Waals surface area contributed by atoms with Gasteiger partial charge < -0.3 is 27.0 Å². The second kappa shape index (κ2) is 11.7. The molecular formula is C28H37N5O3. The summed E-state index contributed by atoms with van der Waals surface area (Å²) >= 11 is 0. The molecule has 2 heterocycles. The Morgan fingerprint density at radius 1 is 0.972 bits per heavy atom. The molecule has 0 saturated carbocycles. The van der Waals surface area contributed by atoms with Crippen LogP contribution < -0.4 is 22.1 Å². The molecule has 0 aromatic heterocycles. The van der Waals surface area contributed by atoms with Gasteiger partial charge in [-0.25, -0.2) is 0 Å². The zero-order valence-electron chi connectivity index (χ0n) is 20.8. The molecule has 2 aliphatic rings.